The second-order valence-electron chi connectivity index (χ2n) is 4.28. The van der Waals surface area contributed by atoms with Gasteiger partial charge < -0.3 is 10.6 Å². The molecule has 2 aromatic heterocycles. The van der Waals surface area contributed by atoms with Crippen molar-refractivity contribution in [3.05, 3.63) is 28.0 Å². The van der Waals surface area contributed by atoms with Crippen molar-refractivity contribution in [2.45, 2.75) is 26.9 Å². The summed E-state index contributed by atoms with van der Waals surface area (Å²) >= 11 is 1.58. The molecule has 19 heavy (non-hydrogen) atoms. The molecule has 0 saturated heterocycles. The normalized spacial score (nSPS) is 10.7. The summed E-state index contributed by atoms with van der Waals surface area (Å²) < 4.78 is 1.61. The predicted octanol–water partition coefficient (Wildman–Crippen LogP) is 1.52. The highest BCUT2D eigenvalue weighted by Crippen LogP contribution is 2.15. The van der Waals surface area contributed by atoms with Gasteiger partial charge in [-0.15, -0.1) is 11.3 Å². The molecule has 2 heterocycles. The van der Waals surface area contributed by atoms with E-state index < -0.39 is 0 Å². The number of hydrogen-bond donors (Lipinski definition) is 1. The van der Waals surface area contributed by atoms with Gasteiger partial charge in [-0.25, -0.2) is 4.98 Å². The fraction of sp³-hybridized carbons (Fsp3) is 0.417. The van der Waals surface area contributed by atoms with Gasteiger partial charge in [0.25, 0.3) is 5.91 Å². The van der Waals surface area contributed by atoms with Crippen LogP contribution < -0.4 is 5.73 Å². The molecule has 0 atom stereocenters. The summed E-state index contributed by atoms with van der Waals surface area (Å²) in [6, 6.07) is 0. The van der Waals surface area contributed by atoms with Crippen LogP contribution >= 0.6 is 11.3 Å². The molecule has 6 nitrogen and oxygen atoms in total. The first-order valence-electron chi connectivity index (χ1n) is 6.00. The van der Waals surface area contributed by atoms with Gasteiger partial charge in [-0.2, -0.15) is 5.10 Å². The highest BCUT2D eigenvalue weighted by molar-refractivity contribution is 7.09. The molecule has 0 aliphatic carbocycles. The van der Waals surface area contributed by atoms with Gasteiger partial charge in [-0.3, -0.25) is 9.48 Å². The van der Waals surface area contributed by atoms with Crippen LogP contribution in [0.3, 0.4) is 0 Å². The van der Waals surface area contributed by atoms with Crippen molar-refractivity contribution in [2.24, 2.45) is 0 Å². The Bertz CT molecular complexity index is 589. The lowest BCUT2D eigenvalue weighted by Crippen LogP contribution is -2.29. The summed E-state index contributed by atoms with van der Waals surface area (Å²) in [5.74, 6) is -0.137. The average molecular weight is 279 g/mol. The van der Waals surface area contributed by atoms with Crippen LogP contribution in [0.5, 0.6) is 0 Å². The molecule has 7 heteroatoms. The molecule has 0 spiro atoms. The van der Waals surface area contributed by atoms with Gasteiger partial charge in [0, 0.05) is 19.0 Å². The van der Waals surface area contributed by atoms with E-state index in [9.17, 15) is 4.79 Å². The molecule has 1 amide bonds. The molecular formula is C12H17N5OS. The number of carbonyl (C=O) groups is 1. The molecule has 2 N–H and O–H groups in total. The van der Waals surface area contributed by atoms with Crippen molar-refractivity contribution in [3.63, 3.8) is 0 Å². The highest BCUT2D eigenvalue weighted by Gasteiger charge is 2.20. The standard InChI is InChI=1S/C12H17N5OS/c1-4-17-11(10(13)5-14-17)12(18)16(3)6-9-7-19-8(2)15-9/h5,7H,4,6,13H2,1-3H3. The van der Waals surface area contributed by atoms with Gasteiger partial charge in [0.2, 0.25) is 0 Å². The summed E-state index contributed by atoms with van der Waals surface area (Å²) in [6.45, 7) is 4.95. The number of hydrogen-bond acceptors (Lipinski definition) is 5. The van der Waals surface area contributed by atoms with E-state index in [0.29, 0.717) is 24.5 Å². The Hall–Kier alpha value is -1.89. The minimum atomic E-state index is -0.137. The van der Waals surface area contributed by atoms with Crippen LogP contribution in [0.15, 0.2) is 11.6 Å². The zero-order valence-electron chi connectivity index (χ0n) is 11.3. The van der Waals surface area contributed by atoms with Crippen molar-refractivity contribution < 1.29 is 4.79 Å². The number of carbonyl (C=O) groups excluding carboxylic acids is 1. The Balaban J connectivity index is 2.16. The lowest BCUT2D eigenvalue weighted by atomic mass is 10.3. The third-order valence-corrected chi connectivity index (χ3v) is 3.60. The van der Waals surface area contributed by atoms with E-state index in [2.05, 4.69) is 10.1 Å². The quantitative estimate of drug-likeness (QED) is 0.920. The van der Waals surface area contributed by atoms with Gasteiger partial charge in [0.15, 0.2) is 0 Å². The molecule has 102 valence electrons. The van der Waals surface area contributed by atoms with Crippen molar-refractivity contribution >= 4 is 22.9 Å². The summed E-state index contributed by atoms with van der Waals surface area (Å²) in [4.78, 5) is 18.3. The highest BCUT2D eigenvalue weighted by atomic mass is 32.1. The minimum absolute atomic E-state index is 0.137. The van der Waals surface area contributed by atoms with Crippen LogP contribution in [-0.2, 0) is 13.1 Å². The maximum absolute atomic E-state index is 12.4. The molecule has 0 aromatic carbocycles. The number of rotatable bonds is 4. The van der Waals surface area contributed by atoms with Crippen LogP contribution in [0.25, 0.3) is 0 Å². The average Bonchev–Trinajstić information content (AvgIpc) is 2.94. The predicted molar refractivity (Wildman–Crippen MR) is 75.0 cm³/mol. The van der Waals surface area contributed by atoms with Crippen LogP contribution in [0.4, 0.5) is 5.69 Å². The topological polar surface area (TPSA) is 77.0 Å². The fourth-order valence-corrected chi connectivity index (χ4v) is 2.45. The molecule has 2 rings (SSSR count). The van der Waals surface area contributed by atoms with Crippen molar-refractivity contribution in [3.8, 4) is 0 Å². The van der Waals surface area contributed by atoms with Crippen molar-refractivity contribution in [1.29, 1.82) is 0 Å². The molecule has 0 unspecified atom stereocenters. The maximum Gasteiger partial charge on any atom is 0.274 e. The summed E-state index contributed by atoms with van der Waals surface area (Å²) in [7, 11) is 1.74. The first-order valence-corrected chi connectivity index (χ1v) is 6.88. The van der Waals surface area contributed by atoms with E-state index in [0.717, 1.165) is 10.7 Å². The number of nitrogens with two attached hydrogens (primary N) is 1. The lowest BCUT2D eigenvalue weighted by molar-refractivity contribution is 0.0772. The second kappa shape index (κ2) is 5.40. The third-order valence-electron chi connectivity index (χ3n) is 2.78. The first-order chi connectivity index (χ1) is 9.02. The number of amides is 1. The van der Waals surface area contributed by atoms with Crippen LogP contribution in [-0.4, -0.2) is 32.6 Å². The molecule has 0 saturated carbocycles. The fourth-order valence-electron chi connectivity index (χ4n) is 1.85. The number of nitrogens with zero attached hydrogens (tertiary/aromatic N) is 4. The van der Waals surface area contributed by atoms with E-state index in [1.54, 1.807) is 28.0 Å². The monoisotopic (exact) mass is 279 g/mol. The van der Waals surface area contributed by atoms with E-state index in [-0.39, 0.29) is 5.91 Å². The molecule has 0 aliphatic heterocycles. The SMILES string of the molecule is CCn1ncc(N)c1C(=O)N(C)Cc1csc(C)n1. The largest absolute Gasteiger partial charge is 0.396 e. The first kappa shape index (κ1) is 13.5. The Morgan fingerprint density at radius 2 is 2.32 bits per heavy atom. The Labute approximate surface area is 115 Å². The number of aryl methyl sites for hydroxylation is 2. The zero-order chi connectivity index (χ0) is 14.0. The van der Waals surface area contributed by atoms with Gasteiger partial charge in [-0.05, 0) is 13.8 Å². The molecule has 0 radical (unpaired) electrons. The van der Waals surface area contributed by atoms with Crippen LogP contribution in [0.1, 0.15) is 28.1 Å². The van der Waals surface area contributed by atoms with E-state index in [1.165, 1.54) is 6.20 Å². The number of anilines is 1. The van der Waals surface area contributed by atoms with Crippen LogP contribution in [0, 0.1) is 6.92 Å². The summed E-state index contributed by atoms with van der Waals surface area (Å²) in [6.07, 6.45) is 1.51. The summed E-state index contributed by atoms with van der Waals surface area (Å²) in [5.41, 5.74) is 7.55. The minimum Gasteiger partial charge on any atom is -0.396 e. The Kier molecular flexibility index (Phi) is 3.84. The third kappa shape index (κ3) is 2.76. The van der Waals surface area contributed by atoms with Crippen molar-refractivity contribution in [1.82, 2.24) is 19.7 Å². The maximum atomic E-state index is 12.4. The molecular weight excluding hydrogens is 262 g/mol. The van der Waals surface area contributed by atoms with Crippen LogP contribution in [0.2, 0.25) is 0 Å². The molecule has 0 aliphatic rings. The van der Waals surface area contributed by atoms with E-state index in [4.69, 9.17) is 5.73 Å². The van der Waals surface area contributed by atoms with Gasteiger partial charge >= 0.3 is 0 Å². The van der Waals surface area contributed by atoms with Crippen molar-refractivity contribution in [2.75, 3.05) is 12.8 Å². The molecule has 0 bridgehead atoms. The van der Waals surface area contributed by atoms with Gasteiger partial charge in [0.05, 0.1) is 29.1 Å². The van der Waals surface area contributed by atoms with Gasteiger partial charge in [0.1, 0.15) is 5.69 Å². The smallest absolute Gasteiger partial charge is 0.274 e. The van der Waals surface area contributed by atoms with Gasteiger partial charge in [-0.1, -0.05) is 0 Å². The molecule has 2 aromatic rings. The Morgan fingerprint density at radius 3 is 2.89 bits per heavy atom. The number of aromatic nitrogens is 3. The lowest BCUT2D eigenvalue weighted by Gasteiger charge is -2.16. The van der Waals surface area contributed by atoms with E-state index in [1.807, 2.05) is 19.2 Å². The van der Waals surface area contributed by atoms with E-state index >= 15 is 0 Å². The number of thiazole rings is 1. The zero-order valence-corrected chi connectivity index (χ0v) is 12.1. The second-order valence-corrected chi connectivity index (χ2v) is 5.35. The number of nitrogen functional groups attached to an aromatic ring is 1. The summed E-state index contributed by atoms with van der Waals surface area (Å²) in [5, 5.41) is 7.03. The molecule has 0 fully saturated rings. The Morgan fingerprint density at radius 1 is 1.58 bits per heavy atom.